The van der Waals surface area contributed by atoms with Crippen LogP contribution < -0.4 is 11.1 Å². The second-order valence-corrected chi connectivity index (χ2v) is 7.44. The zero-order valence-corrected chi connectivity index (χ0v) is 21.8. The van der Waals surface area contributed by atoms with Crippen molar-refractivity contribution in [1.29, 1.82) is 0 Å². The Bertz CT molecular complexity index is 902. The molecule has 0 aromatic carbocycles. The van der Waals surface area contributed by atoms with E-state index in [-0.39, 0.29) is 0 Å². The lowest BCUT2D eigenvalue weighted by Crippen LogP contribution is -2.18. The van der Waals surface area contributed by atoms with E-state index in [1.165, 1.54) is 5.70 Å². The van der Waals surface area contributed by atoms with E-state index < -0.39 is 0 Å². The van der Waals surface area contributed by atoms with Gasteiger partial charge in [-0.1, -0.05) is 32.9 Å². The molecule has 0 bridgehead atoms. The van der Waals surface area contributed by atoms with E-state index in [0.717, 1.165) is 60.3 Å². The third-order valence-electron chi connectivity index (χ3n) is 5.02. The fourth-order valence-electron chi connectivity index (χ4n) is 3.12. The lowest BCUT2D eigenvalue weighted by molar-refractivity contribution is -0.149. The number of hydroxylamine groups is 2. The first-order chi connectivity index (χ1) is 15.8. The number of amides is 1. The molecule has 0 saturated heterocycles. The molecule has 0 aliphatic rings. The van der Waals surface area contributed by atoms with Crippen molar-refractivity contribution in [2.24, 2.45) is 0 Å². The minimum atomic E-state index is 0.334. The summed E-state index contributed by atoms with van der Waals surface area (Å²) in [5.41, 5.74) is 11.1. The van der Waals surface area contributed by atoms with Gasteiger partial charge in [0.15, 0.2) is 5.82 Å². The van der Waals surface area contributed by atoms with Crippen molar-refractivity contribution < 1.29 is 10.0 Å². The monoisotopic (exact) mass is 460 g/mol. The van der Waals surface area contributed by atoms with E-state index >= 15 is 0 Å². The number of imidazole rings is 1. The molecule has 0 aliphatic carbocycles. The molecule has 0 aliphatic heterocycles. The maximum absolute atomic E-state index is 10.4. The van der Waals surface area contributed by atoms with Gasteiger partial charge >= 0.3 is 0 Å². The van der Waals surface area contributed by atoms with E-state index in [4.69, 9.17) is 15.9 Å². The van der Waals surface area contributed by atoms with Crippen molar-refractivity contribution in [2.75, 3.05) is 19.3 Å². The zero-order valence-electron chi connectivity index (χ0n) is 21.8. The highest BCUT2D eigenvalue weighted by atomic mass is 16.5. The van der Waals surface area contributed by atoms with Crippen LogP contribution in [0.15, 0.2) is 23.9 Å². The number of hydrogen-bond acceptors (Lipinski definition) is 6. The number of pyridine rings is 1. The number of fused-ring (bicyclic) bond motifs is 1. The molecule has 0 saturated carbocycles. The van der Waals surface area contributed by atoms with Gasteiger partial charge in [0.25, 0.3) is 0 Å². The quantitative estimate of drug-likeness (QED) is 0.153. The first-order valence-electron chi connectivity index (χ1n) is 11.8. The molecule has 2 heterocycles. The van der Waals surface area contributed by atoms with E-state index in [1.54, 1.807) is 0 Å². The first-order valence-corrected chi connectivity index (χ1v) is 11.8. The number of anilines is 1. The Kier molecular flexibility index (Phi) is 15.3. The molecule has 4 N–H and O–H groups in total. The number of unbranched alkanes of at least 4 members (excludes halogenated alkanes) is 1. The SMILES string of the molecule is C/C=C\C=C(/C)NC.CC.CCCc1nc2c(N)nc(C)c(C)c2n1CCCCN(O)C=O. The smallest absolute Gasteiger partial charge is 0.233 e. The maximum Gasteiger partial charge on any atom is 0.233 e. The number of carbonyl (C=O) groups excluding carboxylic acids is 1. The molecule has 1 amide bonds. The summed E-state index contributed by atoms with van der Waals surface area (Å²) in [5.74, 6) is 1.49. The van der Waals surface area contributed by atoms with Crippen LogP contribution >= 0.6 is 0 Å². The van der Waals surface area contributed by atoms with Crippen molar-refractivity contribution >= 4 is 23.3 Å². The number of hydrogen-bond donors (Lipinski definition) is 3. The summed E-state index contributed by atoms with van der Waals surface area (Å²) >= 11 is 0. The summed E-state index contributed by atoms with van der Waals surface area (Å²) in [4.78, 5) is 19.5. The third-order valence-corrected chi connectivity index (χ3v) is 5.02. The standard InChI is InChI=1S/C16H25N5O2.C7H13N.C2H6/c1-4-7-13-19-14-15(11(2)12(3)18-16(14)17)21(13)9-6-5-8-20(23)10-22;1-4-5-6-7(2)8-3;1-2/h10,23H,4-9H2,1-3H3,(H2,17,18);4-6,8H,1-3H3;1-2H3/b;5-4-,7-6+;. The molecule has 8 heteroatoms. The average molecular weight is 461 g/mol. The summed E-state index contributed by atoms with van der Waals surface area (Å²) in [6.07, 6.45) is 9.91. The van der Waals surface area contributed by atoms with E-state index in [0.29, 0.717) is 23.8 Å². The van der Waals surface area contributed by atoms with Crippen molar-refractivity contribution in [3.8, 4) is 0 Å². The number of rotatable bonds is 10. The number of carbonyl (C=O) groups is 1. The predicted molar refractivity (Wildman–Crippen MR) is 138 cm³/mol. The highest BCUT2D eigenvalue weighted by molar-refractivity contribution is 5.88. The number of allylic oxidation sites excluding steroid dienone is 4. The van der Waals surface area contributed by atoms with Crippen LogP contribution in [0.2, 0.25) is 0 Å². The van der Waals surface area contributed by atoms with Gasteiger partial charge in [-0.2, -0.15) is 0 Å². The van der Waals surface area contributed by atoms with Gasteiger partial charge in [0.2, 0.25) is 6.41 Å². The molecule has 33 heavy (non-hydrogen) atoms. The number of nitrogens with two attached hydrogens (primary N) is 1. The molecule has 0 unspecified atom stereocenters. The molecule has 0 radical (unpaired) electrons. The van der Waals surface area contributed by atoms with Gasteiger partial charge in [-0.05, 0) is 58.6 Å². The first kappa shape index (κ1) is 30.1. The van der Waals surface area contributed by atoms with Gasteiger partial charge in [0.05, 0.1) is 5.52 Å². The Morgan fingerprint density at radius 2 is 1.91 bits per heavy atom. The van der Waals surface area contributed by atoms with E-state index in [9.17, 15) is 4.79 Å². The van der Waals surface area contributed by atoms with Crippen LogP contribution in [0.3, 0.4) is 0 Å². The Balaban J connectivity index is 0.000000868. The van der Waals surface area contributed by atoms with Gasteiger partial charge in [-0.3, -0.25) is 10.0 Å². The highest BCUT2D eigenvalue weighted by Gasteiger charge is 2.16. The van der Waals surface area contributed by atoms with Crippen molar-refractivity contribution in [2.45, 2.75) is 80.7 Å². The van der Waals surface area contributed by atoms with Crippen LogP contribution in [0.1, 0.15) is 71.0 Å². The molecular formula is C25H44N6O2. The van der Waals surface area contributed by atoms with Crippen LogP contribution in [-0.4, -0.2) is 44.8 Å². The molecule has 0 fully saturated rings. The van der Waals surface area contributed by atoms with Gasteiger partial charge in [-0.25, -0.2) is 15.0 Å². The Morgan fingerprint density at radius 3 is 2.45 bits per heavy atom. The minimum Gasteiger partial charge on any atom is -0.392 e. The second kappa shape index (κ2) is 16.7. The number of aromatic nitrogens is 3. The van der Waals surface area contributed by atoms with E-state index in [1.807, 2.05) is 66.8 Å². The third kappa shape index (κ3) is 9.65. The van der Waals surface area contributed by atoms with Crippen LogP contribution in [0, 0.1) is 13.8 Å². The highest BCUT2D eigenvalue weighted by Crippen LogP contribution is 2.27. The Hall–Kier alpha value is -2.87. The molecule has 0 atom stereocenters. The Morgan fingerprint density at radius 1 is 1.24 bits per heavy atom. The van der Waals surface area contributed by atoms with Crippen LogP contribution in [-0.2, 0) is 17.8 Å². The van der Waals surface area contributed by atoms with Gasteiger partial charge in [0, 0.05) is 37.9 Å². The van der Waals surface area contributed by atoms with Crippen molar-refractivity contribution in [1.82, 2.24) is 24.9 Å². The summed E-state index contributed by atoms with van der Waals surface area (Å²) < 4.78 is 2.21. The fraction of sp³-hybridized carbons (Fsp3) is 0.560. The molecule has 8 nitrogen and oxygen atoms in total. The molecule has 2 rings (SSSR count). The summed E-state index contributed by atoms with van der Waals surface area (Å²) in [6.45, 7) is 15.3. The molecular weight excluding hydrogens is 416 g/mol. The van der Waals surface area contributed by atoms with Gasteiger partial charge in [0.1, 0.15) is 11.3 Å². The zero-order chi connectivity index (χ0) is 25.4. The molecule has 2 aromatic rings. The summed E-state index contributed by atoms with van der Waals surface area (Å²) in [5, 5.41) is 12.9. The molecule has 0 spiro atoms. The summed E-state index contributed by atoms with van der Waals surface area (Å²) in [6, 6.07) is 0. The van der Waals surface area contributed by atoms with Crippen LogP contribution in [0.5, 0.6) is 0 Å². The van der Waals surface area contributed by atoms with Crippen LogP contribution in [0.4, 0.5) is 5.82 Å². The normalized spacial score (nSPS) is 11.0. The molecule has 2 aromatic heterocycles. The predicted octanol–water partition coefficient (Wildman–Crippen LogP) is 4.92. The summed E-state index contributed by atoms with van der Waals surface area (Å²) in [7, 11) is 1.91. The lowest BCUT2D eigenvalue weighted by Gasteiger charge is -2.12. The lowest BCUT2D eigenvalue weighted by atomic mass is 10.2. The van der Waals surface area contributed by atoms with Crippen molar-refractivity contribution in [3.05, 3.63) is 41.0 Å². The maximum atomic E-state index is 10.4. The average Bonchev–Trinajstić information content (AvgIpc) is 3.19. The molecule has 186 valence electrons. The van der Waals surface area contributed by atoms with Crippen molar-refractivity contribution in [3.63, 3.8) is 0 Å². The topological polar surface area (TPSA) is 109 Å². The van der Waals surface area contributed by atoms with Crippen LogP contribution in [0.25, 0.3) is 11.0 Å². The number of aryl methyl sites for hydroxylation is 4. The number of nitrogens with zero attached hydrogens (tertiary/aromatic N) is 4. The van der Waals surface area contributed by atoms with Gasteiger partial charge < -0.3 is 15.6 Å². The number of nitrogens with one attached hydrogen (secondary N) is 1. The Labute approximate surface area is 199 Å². The van der Waals surface area contributed by atoms with E-state index in [2.05, 4.69) is 21.8 Å². The number of nitrogen functional groups attached to an aromatic ring is 1. The second-order valence-electron chi connectivity index (χ2n) is 7.44. The fourth-order valence-corrected chi connectivity index (χ4v) is 3.12. The minimum absolute atomic E-state index is 0.334. The van der Waals surface area contributed by atoms with Gasteiger partial charge in [-0.15, -0.1) is 0 Å². The largest absolute Gasteiger partial charge is 0.392 e.